The molecule has 1 atom stereocenters. The smallest absolute Gasteiger partial charge is 0.362 e. The van der Waals surface area contributed by atoms with E-state index in [2.05, 4.69) is 5.10 Å². The Morgan fingerprint density at radius 2 is 2.04 bits per heavy atom. The van der Waals surface area contributed by atoms with Crippen LogP contribution in [0.2, 0.25) is 0 Å². The second-order valence-corrected chi connectivity index (χ2v) is 5.15. The molecule has 2 rings (SSSR count). The van der Waals surface area contributed by atoms with Gasteiger partial charge in [-0.3, -0.25) is 14.9 Å². The highest BCUT2D eigenvalue weighted by Gasteiger charge is 2.62. The van der Waals surface area contributed by atoms with Gasteiger partial charge in [-0.2, -0.15) is 23.3 Å². The number of nitro groups is 1. The Labute approximate surface area is 128 Å². The summed E-state index contributed by atoms with van der Waals surface area (Å²) >= 11 is 0. The summed E-state index contributed by atoms with van der Waals surface area (Å²) in [5.74, 6) is -1.26. The van der Waals surface area contributed by atoms with E-state index in [-0.39, 0.29) is 21.8 Å². The number of carbonyl (C=O) groups is 1. The first-order valence-electron chi connectivity index (χ1n) is 6.41. The number of hydrogen-bond donors (Lipinski definition) is 1. The van der Waals surface area contributed by atoms with Crippen LogP contribution < -0.4 is 0 Å². The van der Waals surface area contributed by atoms with Gasteiger partial charge in [0.1, 0.15) is 0 Å². The molecule has 1 heterocycles. The number of alkyl halides is 3. The summed E-state index contributed by atoms with van der Waals surface area (Å²) in [5, 5.41) is 24.2. The average molecular weight is 331 g/mol. The Kier molecular flexibility index (Phi) is 3.89. The van der Waals surface area contributed by atoms with Gasteiger partial charge >= 0.3 is 6.18 Å². The third-order valence-electron chi connectivity index (χ3n) is 3.50. The largest absolute Gasteiger partial charge is 0.438 e. The number of benzene rings is 1. The Morgan fingerprint density at radius 3 is 2.57 bits per heavy atom. The summed E-state index contributed by atoms with van der Waals surface area (Å²) in [6, 6.07) is 3.45. The van der Waals surface area contributed by atoms with Crippen molar-refractivity contribution < 1.29 is 28.0 Å². The van der Waals surface area contributed by atoms with E-state index < -0.39 is 34.8 Å². The van der Waals surface area contributed by atoms with Crippen molar-refractivity contribution in [2.75, 3.05) is 0 Å². The van der Waals surface area contributed by atoms with E-state index in [1.807, 2.05) is 0 Å². The van der Waals surface area contributed by atoms with Gasteiger partial charge in [0.05, 0.1) is 10.5 Å². The van der Waals surface area contributed by atoms with Gasteiger partial charge in [0.15, 0.2) is 0 Å². The van der Waals surface area contributed by atoms with Crippen LogP contribution in [0.15, 0.2) is 23.3 Å². The highest BCUT2D eigenvalue weighted by molar-refractivity contribution is 5.99. The van der Waals surface area contributed by atoms with Crippen molar-refractivity contribution in [1.29, 1.82) is 0 Å². The van der Waals surface area contributed by atoms with E-state index >= 15 is 0 Å². The summed E-state index contributed by atoms with van der Waals surface area (Å²) in [7, 11) is 0. The van der Waals surface area contributed by atoms with Crippen LogP contribution in [0.25, 0.3) is 0 Å². The Hall–Kier alpha value is -2.49. The highest BCUT2D eigenvalue weighted by Crippen LogP contribution is 2.41. The second kappa shape index (κ2) is 5.30. The van der Waals surface area contributed by atoms with Gasteiger partial charge in [-0.1, -0.05) is 6.07 Å². The summed E-state index contributed by atoms with van der Waals surface area (Å²) in [4.78, 5) is 22.5. The fraction of sp³-hybridized carbons (Fsp3) is 0.385. The molecule has 0 fully saturated rings. The van der Waals surface area contributed by atoms with Gasteiger partial charge in [-0.05, 0) is 19.9 Å². The van der Waals surface area contributed by atoms with Gasteiger partial charge in [0, 0.05) is 23.8 Å². The van der Waals surface area contributed by atoms with Crippen LogP contribution >= 0.6 is 0 Å². The molecule has 1 aromatic carbocycles. The summed E-state index contributed by atoms with van der Waals surface area (Å²) < 4.78 is 39.4. The maximum Gasteiger partial charge on any atom is 0.438 e. The van der Waals surface area contributed by atoms with Crippen molar-refractivity contribution in [3.05, 3.63) is 39.4 Å². The predicted molar refractivity (Wildman–Crippen MR) is 72.7 cm³/mol. The molecule has 1 aromatic rings. The van der Waals surface area contributed by atoms with Crippen molar-refractivity contribution in [1.82, 2.24) is 5.01 Å². The van der Waals surface area contributed by atoms with E-state index in [0.29, 0.717) is 0 Å². The normalized spacial score (nSPS) is 21.3. The number of rotatable bonds is 2. The lowest BCUT2D eigenvalue weighted by Gasteiger charge is -2.32. The minimum atomic E-state index is -5.13. The monoisotopic (exact) mass is 331 g/mol. The zero-order valence-corrected chi connectivity index (χ0v) is 12.1. The molecule has 0 spiro atoms. The lowest BCUT2D eigenvalue weighted by atomic mass is 10.0. The molecule has 124 valence electrons. The Morgan fingerprint density at radius 1 is 1.43 bits per heavy atom. The number of aliphatic hydroxyl groups is 1. The lowest BCUT2D eigenvalue weighted by Crippen LogP contribution is -2.56. The Bertz CT molecular complexity index is 717. The van der Waals surface area contributed by atoms with E-state index in [4.69, 9.17) is 0 Å². The van der Waals surface area contributed by atoms with Crippen LogP contribution in [-0.2, 0) is 0 Å². The molecular formula is C13H12F3N3O4. The van der Waals surface area contributed by atoms with Crippen LogP contribution in [0.3, 0.4) is 0 Å². The van der Waals surface area contributed by atoms with Gasteiger partial charge in [-0.15, -0.1) is 0 Å². The Balaban J connectivity index is 2.52. The maximum atomic E-state index is 13.1. The SMILES string of the molecule is CC1=NN(C(=O)c2cccc([N+](=O)[O-])c2C)C(O)(C(F)(F)F)C1. The minimum Gasteiger partial charge on any atom is -0.362 e. The molecule has 0 radical (unpaired) electrons. The molecule has 7 nitrogen and oxygen atoms in total. The van der Waals surface area contributed by atoms with Crippen molar-refractivity contribution in [2.45, 2.75) is 32.2 Å². The zero-order valence-electron chi connectivity index (χ0n) is 12.1. The lowest BCUT2D eigenvalue weighted by molar-refractivity contribution is -0.385. The number of amides is 1. The molecule has 0 saturated carbocycles. The molecule has 23 heavy (non-hydrogen) atoms. The molecule has 1 aliphatic rings. The first kappa shape index (κ1) is 16.9. The summed E-state index contributed by atoms with van der Waals surface area (Å²) in [6.07, 6.45) is -6.01. The number of nitrogens with zero attached hydrogens (tertiary/aromatic N) is 3. The molecule has 1 amide bonds. The minimum absolute atomic E-state index is 0.0611. The molecule has 0 bridgehead atoms. The molecule has 10 heteroatoms. The zero-order chi connectivity index (χ0) is 17.6. The van der Waals surface area contributed by atoms with Crippen molar-refractivity contribution in [2.24, 2.45) is 5.10 Å². The van der Waals surface area contributed by atoms with E-state index in [9.17, 15) is 33.2 Å². The topological polar surface area (TPSA) is 96.0 Å². The molecular weight excluding hydrogens is 319 g/mol. The van der Waals surface area contributed by atoms with E-state index in [1.54, 1.807) is 0 Å². The van der Waals surface area contributed by atoms with Crippen LogP contribution in [0.5, 0.6) is 0 Å². The van der Waals surface area contributed by atoms with Gasteiger partial charge in [0.2, 0.25) is 0 Å². The van der Waals surface area contributed by atoms with Crippen molar-refractivity contribution in [3.63, 3.8) is 0 Å². The number of carbonyl (C=O) groups excluding carboxylic acids is 1. The van der Waals surface area contributed by atoms with Crippen LogP contribution in [0.1, 0.15) is 29.3 Å². The second-order valence-electron chi connectivity index (χ2n) is 5.15. The van der Waals surface area contributed by atoms with Crippen LogP contribution in [-0.4, -0.2) is 38.6 Å². The van der Waals surface area contributed by atoms with E-state index in [0.717, 1.165) is 12.1 Å². The van der Waals surface area contributed by atoms with Gasteiger partial charge < -0.3 is 5.11 Å². The third kappa shape index (κ3) is 2.65. The number of hydrazone groups is 1. The standard InChI is InChI=1S/C13H12F3N3O4/c1-7-6-12(21,13(14,15)16)18(17-7)11(20)9-4-3-5-10(8(9)2)19(22)23/h3-5,21H,6H2,1-2H3. The number of hydrogen-bond acceptors (Lipinski definition) is 5. The predicted octanol–water partition coefficient (Wildman–Crippen LogP) is 2.38. The third-order valence-corrected chi connectivity index (χ3v) is 3.50. The van der Waals surface area contributed by atoms with Crippen LogP contribution in [0.4, 0.5) is 18.9 Å². The number of halogens is 3. The molecule has 0 aliphatic carbocycles. The first-order chi connectivity index (χ1) is 10.5. The van der Waals surface area contributed by atoms with Crippen molar-refractivity contribution in [3.8, 4) is 0 Å². The quantitative estimate of drug-likeness (QED) is 0.665. The number of nitro benzene ring substituents is 1. The molecule has 1 aliphatic heterocycles. The highest BCUT2D eigenvalue weighted by atomic mass is 19.4. The molecule has 0 saturated heterocycles. The van der Waals surface area contributed by atoms with Gasteiger partial charge in [0.25, 0.3) is 17.3 Å². The van der Waals surface area contributed by atoms with Crippen molar-refractivity contribution >= 4 is 17.3 Å². The van der Waals surface area contributed by atoms with Gasteiger partial charge in [-0.25, -0.2) is 0 Å². The first-order valence-corrected chi connectivity index (χ1v) is 6.41. The van der Waals surface area contributed by atoms with Crippen LogP contribution in [0, 0.1) is 17.0 Å². The average Bonchev–Trinajstić information content (AvgIpc) is 2.74. The molecule has 1 unspecified atom stereocenters. The fourth-order valence-electron chi connectivity index (χ4n) is 2.32. The summed E-state index contributed by atoms with van der Waals surface area (Å²) in [5.41, 5.74) is -4.40. The fourth-order valence-corrected chi connectivity index (χ4v) is 2.32. The van der Waals surface area contributed by atoms with E-state index in [1.165, 1.54) is 19.9 Å². The molecule has 1 N–H and O–H groups in total. The maximum absolute atomic E-state index is 13.1. The summed E-state index contributed by atoms with van der Waals surface area (Å²) in [6.45, 7) is 2.48. The molecule has 0 aromatic heterocycles.